The Hall–Kier alpha value is -1.81. The van der Waals surface area contributed by atoms with Crippen molar-refractivity contribution in [2.45, 2.75) is 41.2 Å². The first kappa shape index (κ1) is 17.5. The van der Waals surface area contributed by atoms with E-state index < -0.39 is 0 Å². The van der Waals surface area contributed by atoms with Crippen LogP contribution in [0, 0.1) is 18.8 Å². The van der Waals surface area contributed by atoms with Gasteiger partial charge in [-0.1, -0.05) is 39.8 Å². The molecule has 1 N–H and O–H groups in total. The van der Waals surface area contributed by atoms with Crippen molar-refractivity contribution >= 4 is 11.0 Å². The number of benzene rings is 1. The van der Waals surface area contributed by atoms with Gasteiger partial charge in [-0.25, -0.2) is 4.79 Å². The first-order valence-electron chi connectivity index (χ1n) is 8.34. The monoisotopic (exact) mass is 317 g/mol. The second kappa shape index (κ2) is 7.18. The van der Waals surface area contributed by atoms with Crippen molar-refractivity contribution < 1.29 is 14.4 Å². The standard InChI is InChI=1S/C19H27NO3/c1-12(2)9-20(10-13(3)4)11-15-8-18(22)23-19-14(5)17(21)7-6-16(15)19/h6-8,12-13,21H,9-11H2,1-5H3. The molecule has 0 atom stereocenters. The number of nitrogens with one attached hydrogen (secondary N) is 1. The zero-order valence-corrected chi connectivity index (χ0v) is 14.7. The van der Waals surface area contributed by atoms with E-state index in [-0.39, 0.29) is 11.4 Å². The highest BCUT2D eigenvalue weighted by Crippen LogP contribution is 2.25. The molecule has 0 aliphatic heterocycles. The first-order chi connectivity index (χ1) is 10.8. The summed E-state index contributed by atoms with van der Waals surface area (Å²) in [5.74, 6) is 1.08. The van der Waals surface area contributed by atoms with Gasteiger partial charge in [0.2, 0.25) is 0 Å². The van der Waals surface area contributed by atoms with Crippen LogP contribution in [0.5, 0.6) is 5.75 Å². The second-order valence-corrected chi connectivity index (χ2v) is 7.28. The molecular weight excluding hydrogens is 290 g/mol. The smallest absolute Gasteiger partial charge is 0.336 e. The Morgan fingerprint density at radius 2 is 1.74 bits per heavy atom. The summed E-state index contributed by atoms with van der Waals surface area (Å²) < 4.78 is 5.29. The predicted molar refractivity (Wildman–Crippen MR) is 90.7 cm³/mol. The lowest BCUT2D eigenvalue weighted by atomic mass is 10.0. The molecule has 1 heterocycles. The quantitative estimate of drug-likeness (QED) is 0.828. The van der Waals surface area contributed by atoms with Crippen LogP contribution in [0.4, 0.5) is 0 Å². The van der Waals surface area contributed by atoms with Gasteiger partial charge in [-0.3, -0.25) is 0 Å². The van der Waals surface area contributed by atoms with Crippen LogP contribution in [0.3, 0.4) is 0 Å². The Balaban J connectivity index is 2.45. The average Bonchev–Trinajstić information content (AvgIpc) is 2.41. The summed E-state index contributed by atoms with van der Waals surface area (Å²) in [7, 11) is 0. The number of quaternary nitrogens is 1. The van der Waals surface area contributed by atoms with Gasteiger partial charge in [0.25, 0.3) is 0 Å². The molecule has 4 heteroatoms. The largest absolute Gasteiger partial charge is 0.872 e. The number of rotatable bonds is 6. The molecule has 0 aliphatic rings. The van der Waals surface area contributed by atoms with E-state index in [1.165, 1.54) is 4.90 Å². The van der Waals surface area contributed by atoms with E-state index in [1.807, 2.05) is 0 Å². The molecular formula is C19H27NO3. The molecule has 0 amide bonds. The molecule has 0 bridgehead atoms. The molecule has 23 heavy (non-hydrogen) atoms. The molecule has 126 valence electrons. The van der Waals surface area contributed by atoms with E-state index in [4.69, 9.17) is 4.42 Å². The van der Waals surface area contributed by atoms with Crippen molar-refractivity contribution in [1.82, 2.24) is 0 Å². The molecule has 2 rings (SSSR count). The molecule has 1 aromatic carbocycles. The van der Waals surface area contributed by atoms with Gasteiger partial charge in [-0.15, -0.1) is 5.75 Å². The third-order valence-electron chi connectivity index (χ3n) is 4.03. The summed E-state index contributed by atoms with van der Waals surface area (Å²) in [5.41, 5.74) is 1.54. The summed E-state index contributed by atoms with van der Waals surface area (Å²) in [5, 5.41) is 12.7. The highest BCUT2D eigenvalue weighted by molar-refractivity contribution is 5.84. The molecule has 2 aromatic rings. The molecule has 0 radical (unpaired) electrons. The molecule has 1 aromatic heterocycles. The Morgan fingerprint density at radius 3 is 2.30 bits per heavy atom. The van der Waals surface area contributed by atoms with Crippen LogP contribution >= 0.6 is 0 Å². The molecule has 0 aliphatic carbocycles. The summed E-state index contributed by atoms with van der Waals surface area (Å²) in [6, 6.07) is 4.92. The first-order valence-corrected chi connectivity index (χ1v) is 8.34. The lowest BCUT2D eigenvalue weighted by molar-refractivity contribution is -0.919. The third kappa shape index (κ3) is 4.35. The number of fused-ring (bicyclic) bond motifs is 1. The second-order valence-electron chi connectivity index (χ2n) is 7.28. The van der Waals surface area contributed by atoms with Crippen LogP contribution in [0.15, 0.2) is 27.4 Å². The maximum Gasteiger partial charge on any atom is 0.336 e. The van der Waals surface area contributed by atoms with Crippen LogP contribution in [0.1, 0.15) is 38.8 Å². The van der Waals surface area contributed by atoms with E-state index >= 15 is 0 Å². The van der Waals surface area contributed by atoms with Gasteiger partial charge < -0.3 is 14.4 Å². The normalized spacial score (nSPS) is 12.0. The van der Waals surface area contributed by atoms with Crippen LogP contribution in [0.2, 0.25) is 0 Å². The highest BCUT2D eigenvalue weighted by atomic mass is 16.4. The summed E-state index contributed by atoms with van der Waals surface area (Å²) in [6.07, 6.45) is 0. The lowest BCUT2D eigenvalue weighted by Gasteiger charge is -2.24. The average molecular weight is 317 g/mol. The van der Waals surface area contributed by atoms with Crippen molar-refractivity contribution in [2.24, 2.45) is 11.8 Å². The van der Waals surface area contributed by atoms with Gasteiger partial charge >= 0.3 is 5.63 Å². The van der Waals surface area contributed by atoms with Crippen LogP contribution in [-0.4, -0.2) is 13.1 Å². The molecule has 0 fully saturated rings. The Kier molecular flexibility index (Phi) is 5.47. The number of aryl methyl sites for hydroxylation is 1. The molecule has 0 spiro atoms. The van der Waals surface area contributed by atoms with Crippen molar-refractivity contribution in [3.63, 3.8) is 0 Å². The SMILES string of the molecule is Cc1c([O-])ccc2c(C[NH+](CC(C)C)CC(C)C)cc(=O)oc12. The van der Waals surface area contributed by atoms with Crippen molar-refractivity contribution in [1.29, 1.82) is 0 Å². The Labute approximate surface area is 137 Å². The Morgan fingerprint density at radius 1 is 1.13 bits per heavy atom. The minimum atomic E-state index is -0.380. The van der Waals surface area contributed by atoms with E-state index in [2.05, 4.69) is 27.7 Å². The maximum atomic E-state index is 11.9. The van der Waals surface area contributed by atoms with Gasteiger partial charge in [0.05, 0.1) is 13.1 Å². The summed E-state index contributed by atoms with van der Waals surface area (Å²) >= 11 is 0. The van der Waals surface area contributed by atoms with Crippen molar-refractivity contribution in [3.8, 4) is 5.75 Å². The van der Waals surface area contributed by atoms with Gasteiger partial charge in [-0.2, -0.15) is 0 Å². The fraction of sp³-hybridized carbons (Fsp3) is 0.526. The molecule has 0 saturated carbocycles. The molecule has 0 unspecified atom stereocenters. The van der Waals surface area contributed by atoms with Gasteiger partial charge in [0.15, 0.2) is 0 Å². The van der Waals surface area contributed by atoms with E-state index in [0.29, 0.717) is 23.0 Å². The van der Waals surface area contributed by atoms with Gasteiger partial charge in [-0.05, 0) is 12.5 Å². The number of hydrogen-bond acceptors (Lipinski definition) is 3. The molecule has 0 saturated heterocycles. The topological polar surface area (TPSA) is 57.7 Å². The fourth-order valence-electron chi connectivity index (χ4n) is 3.21. The highest BCUT2D eigenvalue weighted by Gasteiger charge is 2.17. The van der Waals surface area contributed by atoms with E-state index in [9.17, 15) is 9.90 Å². The van der Waals surface area contributed by atoms with E-state index in [0.717, 1.165) is 30.6 Å². The predicted octanol–water partition coefficient (Wildman–Crippen LogP) is 1.87. The summed E-state index contributed by atoms with van der Waals surface area (Å²) in [6.45, 7) is 13.5. The zero-order valence-electron chi connectivity index (χ0n) is 14.7. The van der Waals surface area contributed by atoms with Gasteiger partial charge in [0, 0.05) is 28.9 Å². The maximum absolute atomic E-state index is 11.9. The fourth-order valence-corrected chi connectivity index (χ4v) is 3.21. The minimum absolute atomic E-state index is 0.0913. The Bertz CT molecular complexity index is 721. The summed E-state index contributed by atoms with van der Waals surface area (Å²) in [4.78, 5) is 13.4. The molecule has 4 nitrogen and oxygen atoms in total. The lowest BCUT2D eigenvalue weighted by Crippen LogP contribution is -3.11. The van der Waals surface area contributed by atoms with Crippen LogP contribution in [-0.2, 0) is 6.54 Å². The minimum Gasteiger partial charge on any atom is -0.872 e. The van der Waals surface area contributed by atoms with Gasteiger partial charge in [0.1, 0.15) is 12.1 Å². The third-order valence-corrected chi connectivity index (χ3v) is 4.03. The van der Waals surface area contributed by atoms with Crippen LogP contribution < -0.4 is 15.6 Å². The van der Waals surface area contributed by atoms with E-state index in [1.54, 1.807) is 25.1 Å². The van der Waals surface area contributed by atoms with Crippen LogP contribution in [0.25, 0.3) is 11.0 Å². The number of hydrogen-bond donors (Lipinski definition) is 1. The zero-order chi connectivity index (χ0) is 17.1. The van der Waals surface area contributed by atoms with Crippen molar-refractivity contribution in [3.05, 3.63) is 39.7 Å². The van der Waals surface area contributed by atoms with Crippen molar-refractivity contribution in [2.75, 3.05) is 13.1 Å².